The highest BCUT2D eigenvalue weighted by Crippen LogP contribution is 2.11. The van der Waals surface area contributed by atoms with Gasteiger partial charge in [0, 0.05) is 13.2 Å². The standard InChI is InChI=1S/C23H49NO5/c1-2-3-4-5-6-7-8-9-10-11-12-14-25-16-18-27-20-22-29-23-21-28-19-17-26-15-13-24/h2-24H2,1H3. The molecule has 0 aliphatic rings. The molecule has 6 nitrogen and oxygen atoms in total. The van der Waals surface area contributed by atoms with E-state index in [1.807, 2.05) is 0 Å². The third kappa shape index (κ3) is 27.8. The van der Waals surface area contributed by atoms with E-state index in [4.69, 9.17) is 29.4 Å². The molecule has 0 aliphatic carbocycles. The predicted molar refractivity (Wildman–Crippen MR) is 120 cm³/mol. The Morgan fingerprint density at radius 2 is 0.690 bits per heavy atom. The summed E-state index contributed by atoms with van der Waals surface area (Å²) in [6, 6.07) is 0. The number of unbranched alkanes of at least 4 members (excludes halogenated alkanes) is 10. The van der Waals surface area contributed by atoms with Gasteiger partial charge in [0.2, 0.25) is 0 Å². The molecule has 2 N–H and O–H groups in total. The highest BCUT2D eigenvalue weighted by Gasteiger charge is 1.95. The number of ether oxygens (including phenoxy) is 5. The van der Waals surface area contributed by atoms with Gasteiger partial charge in [0.25, 0.3) is 0 Å². The Hall–Kier alpha value is -0.240. The Kier molecular flexibility index (Phi) is 27.5. The van der Waals surface area contributed by atoms with Crippen molar-refractivity contribution in [1.29, 1.82) is 0 Å². The topological polar surface area (TPSA) is 72.2 Å². The average molecular weight is 420 g/mol. The van der Waals surface area contributed by atoms with Gasteiger partial charge in [-0.15, -0.1) is 0 Å². The van der Waals surface area contributed by atoms with Crippen LogP contribution < -0.4 is 5.73 Å². The van der Waals surface area contributed by atoms with Crippen LogP contribution in [0, 0.1) is 0 Å². The van der Waals surface area contributed by atoms with Crippen LogP contribution in [0.1, 0.15) is 77.6 Å². The van der Waals surface area contributed by atoms with E-state index in [2.05, 4.69) is 6.92 Å². The summed E-state index contributed by atoms with van der Waals surface area (Å²) in [5, 5.41) is 0. The van der Waals surface area contributed by atoms with Crippen LogP contribution in [0.4, 0.5) is 0 Å². The molecule has 6 heteroatoms. The smallest absolute Gasteiger partial charge is 0.0701 e. The van der Waals surface area contributed by atoms with Gasteiger partial charge in [0.1, 0.15) is 0 Å². The third-order valence-corrected chi connectivity index (χ3v) is 4.64. The number of hydrogen-bond donors (Lipinski definition) is 1. The van der Waals surface area contributed by atoms with Crippen molar-refractivity contribution in [3.63, 3.8) is 0 Å². The van der Waals surface area contributed by atoms with E-state index in [1.165, 1.54) is 64.2 Å². The Balaban J connectivity index is 2.97. The number of hydrogen-bond acceptors (Lipinski definition) is 6. The predicted octanol–water partition coefficient (Wildman–Crippen LogP) is 4.34. The van der Waals surface area contributed by atoms with Gasteiger partial charge in [0.15, 0.2) is 0 Å². The van der Waals surface area contributed by atoms with E-state index < -0.39 is 0 Å². The zero-order valence-electron chi connectivity index (χ0n) is 19.2. The lowest BCUT2D eigenvalue weighted by atomic mass is 10.1. The molecule has 0 fully saturated rings. The fourth-order valence-electron chi connectivity index (χ4n) is 2.93. The summed E-state index contributed by atoms with van der Waals surface area (Å²) >= 11 is 0. The van der Waals surface area contributed by atoms with E-state index in [0.717, 1.165) is 13.0 Å². The van der Waals surface area contributed by atoms with Crippen molar-refractivity contribution in [2.24, 2.45) is 5.73 Å². The van der Waals surface area contributed by atoms with Crippen molar-refractivity contribution in [3.8, 4) is 0 Å². The second-order valence-electron chi connectivity index (χ2n) is 7.39. The maximum absolute atomic E-state index is 5.61. The summed E-state index contributed by atoms with van der Waals surface area (Å²) in [7, 11) is 0. The van der Waals surface area contributed by atoms with Crippen LogP contribution in [0.25, 0.3) is 0 Å². The highest BCUT2D eigenvalue weighted by atomic mass is 16.6. The minimum absolute atomic E-state index is 0.549. The van der Waals surface area contributed by atoms with Crippen LogP contribution in [0.5, 0.6) is 0 Å². The summed E-state index contributed by atoms with van der Waals surface area (Å²) in [5.74, 6) is 0. The van der Waals surface area contributed by atoms with Crippen LogP contribution in [-0.4, -0.2) is 72.6 Å². The maximum atomic E-state index is 5.61. The molecule has 0 atom stereocenters. The van der Waals surface area contributed by atoms with Gasteiger partial charge in [0.05, 0.1) is 59.5 Å². The molecule has 0 rings (SSSR count). The van der Waals surface area contributed by atoms with E-state index >= 15 is 0 Å². The molecule has 0 aromatic rings. The van der Waals surface area contributed by atoms with E-state index in [0.29, 0.717) is 66.0 Å². The summed E-state index contributed by atoms with van der Waals surface area (Å²) in [4.78, 5) is 0. The first kappa shape index (κ1) is 28.8. The minimum Gasteiger partial charge on any atom is -0.379 e. The first-order valence-corrected chi connectivity index (χ1v) is 12.0. The van der Waals surface area contributed by atoms with Gasteiger partial charge in [-0.1, -0.05) is 71.1 Å². The molecule has 0 saturated carbocycles. The van der Waals surface area contributed by atoms with Crippen molar-refractivity contribution in [1.82, 2.24) is 0 Å². The zero-order valence-corrected chi connectivity index (χ0v) is 19.2. The van der Waals surface area contributed by atoms with Crippen LogP contribution in [0.2, 0.25) is 0 Å². The fraction of sp³-hybridized carbons (Fsp3) is 1.00. The monoisotopic (exact) mass is 419 g/mol. The first-order chi connectivity index (χ1) is 14.4. The lowest BCUT2D eigenvalue weighted by Gasteiger charge is -2.08. The molecule has 0 saturated heterocycles. The molecule has 176 valence electrons. The van der Waals surface area contributed by atoms with E-state index in [1.54, 1.807) is 0 Å². The van der Waals surface area contributed by atoms with Crippen molar-refractivity contribution in [3.05, 3.63) is 0 Å². The Labute approximate surface area is 180 Å². The van der Waals surface area contributed by atoms with Crippen LogP contribution >= 0.6 is 0 Å². The van der Waals surface area contributed by atoms with Gasteiger partial charge in [-0.05, 0) is 6.42 Å². The first-order valence-electron chi connectivity index (χ1n) is 12.0. The molecule has 0 radical (unpaired) electrons. The van der Waals surface area contributed by atoms with Gasteiger partial charge in [-0.2, -0.15) is 0 Å². The van der Waals surface area contributed by atoms with Crippen molar-refractivity contribution < 1.29 is 23.7 Å². The molecule has 0 heterocycles. The molecule has 0 spiro atoms. The van der Waals surface area contributed by atoms with Gasteiger partial charge < -0.3 is 29.4 Å². The number of nitrogens with two attached hydrogens (primary N) is 1. The molecular formula is C23H49NO5. The fourth-order valence-corrected chi connectivity index (χ4v) is 2.93. The van der Waals surface area contributed by atoms with E-state index in [-0.39, 0.29) is 0 Å². The van der Waals surface area contributed by atoms with Crippen molar-refractivity contribution in [2.75, 3.05) is 72.6 Å². The summed E-state index contributed by atoms with van der Waals surface area (Å²) in [6.45, 7) is 9.07. The van der Waals surface area contributed by atoms with Crippen LogP contribution in [0.15, 0.2) is 0 Å². The lowest BCUT2D eigenvalue weighted by molar-refractivity contribution is -0.0107. The normalized spacial score (nSPS) is 11.4. The third-order valence-electron chi connectivity index (χ3n) is 4.64. The molecule has 29 heavy (non-hydrogen) atoms. The van der Waals surface area contributed by atoms with Gasteiger partial charge in [-0.3, -0.25) is 0 Å². The summed E-state index contributed by atoms with van der Waals surface area (Å²) < 4.78 is 27.1. The molecular weight excluding hydrogens is 370 g/mol. The second kappa shape index (κ2) is 27.8. The Morgan fingerprint density at radius 3 is 1.07 bits per heavy atom. The zero-order chi connectivity index (χ0) is 21.1. The molecule has 0 amide bonds. The Morgan fingerprint density at radius 1 is 0.379 bits per heavy atom. The van der Waals surface area contributed by atoms with Gasteiger partial charge in [-0.25, -0.2) is 0 Å². The van der Waals surface area contributed by atoms with E-state index in [9.17, 15) is 0 Å². The molecule has 0 aliphatic heterocycles. The summed E-state index contributed by atoms with van der Waals surface area (Å²) in [6.07, 6.45) is 15.0. The summed E-state index contributed by atoms with van der Waals surface area (Å²) in [5.41, 5.74) is 5.32. The van der Waals surface area contributed by atoms with Crippen molar-refractivity contribution in [2.45, 2.75) is 77.6 Å². The Bertz CT molecular complexity index is 256. The quantitative estimate of drug-likeness (QED) is 0.210. The maximum Gasteiger partial charge on any atom is 0.0701 e. The minimum atomic E-state index is 0.549. The lowest BCUT2D eigenvalue weighted by Crippen LogP contribution is -2.14. The SMILES string of the molecule is CCCCCCCCCCCCCOCCOCCOCCOCCOCCN. The molecule has 0 aromatic carbocycles. The molecule has 0 bridgehead atoms. The molecule has 0 aromatic heterocycles. The molecule has 0 unspecified atom stereocenters. The van der Waals surface area contributed by atoms with Crippen LogP contribution in [-0.2, 0) is 23.7 Å². The number of rotatable bonds is 26. The van der Waals surface area contributed by atoms with Crippen LogP contribution in [0.3, 0.4) is 0 Å². The average Bonchev–Trinajstić information content (AvgIpc) is 2.74. The second-order valence-corrected chi connectivity index (χ2v) is 7.39. The van der Waals surface area contributed by atoms with Gasteiger partial charge >= 0.3 is 0 Å². The highest BCUT2D eigenvalue weighted by molar-refractivity contribution is 4.48. The van der Waals surface area contributed by atoms with Crippen molar-refractivity contribution >= 4 is 0 Å². The largest absolute Gasteiger partial charge is 0.379 e.